The van der Waals surface area contributed by atoms with Gasteiger partial charge in [0.2, 0.25) is 5.91 Å². The minimum atomic E-state index is -1.67. The summed E-state index contributed by atoms with van der Waals surface area (Å²) < 4.78 is 1.91. The first-order valence-corrected chi connectivity index (χ1v) is 15.4. The monoisotopic (exact) mass is 727 g/mol. The van der Waals surface area contributed by atoms with Gasteiger partial charge >= 0.3 is 65.3 Å². The van der Waals surface area contributed by atoms with E-state index in [1.54, 1.807) is 4.90 Å². The van der Waals surface area contributed by atoms with Crippen molar-refractivity contribution in [1.82, 2.24) is 30.5 Å². The Hall–Kier alpha value is -3.46. The number of β-lactam (4-membered cyclic amide) rings is 1. The molecule has 2 unspecified atom stereocenters. The van der Waals surface area contributed by atoms with Crippen molar-refractivity contribution in [3.8, 4) is 11.5 Å². The quantitative estimate of drug-likeness (QED) is 0.0260. The van der Waals surface area contributed by atoms with E-state index in [9.17, 15) is 29.7 Å². The molecule has 244 valence electrons. The SMILES string of the molecule is O=C=O.[CH2-][C@H](O/N=C(\C(=O)C[C@@H]1C(=O)N2C(c3nnn[n-]3)C(C[n+]3ccc4cc(O)c(O)cc4c3)CS[C@H]12)c1csc(N)n1)C(=O)[O-].[Na+].[Na+]. The van der Waals surface area contributed by atoms with Crippen LogP contribution in [-0.2, 0) is 35.4 Å². The molecule has 22 heteroatoms. The summed E-state index contributed by atoms with van der Waals surface area (Å²) in [6.45, 7) is 3.71. The Kier molecular flexibility index (Phi) is 14.2. The molecule has 0 bridgehead atoms. The first-order valence-electron chi connectivity index (χ1n) is 13.5. The molecule has 0 aliphatic carbocycles. The number of thiazole rings is 1. The maximum atomic E-state index is 13.6. The second-order valence-electron chi connectivity index (χ2n) is 10.3. The summed E-state index contributed by atoms with van der Waals surface area (Å²) in [4.78, 5) is 64.8. The second kappa shape index (κ2) is 17.5. The Morgan fingerprint density at radius 3 is 2.57 bits per heavy atom. The fourth-order valence-corrected chi connectivity index (χ4v) is 7.39. The third kappa shape index (κ3) is 8.83. The van der Waals surface area contributed by atoms with Gasteiger partial charge in [0.15, 0.2) is 47.1 Å². The smallest absolute Gasteiger partial charge is 0.549 e. The van der Waals surface area contributed by atoms with Gasteiger partial charge in [0.05, 0.1) is 29.2 Å². The number of amides is 1. The number of rotatable bonds is 10. The van der Waals surface area contributed by atoms with Crippen molar-refractivity contribution in [2.24, 2.45) is 17.0 Å². The van der Waals surface area contributed by atoms with E-state index in [1.807, 2.05) is 23.0 Å². The van der Waals surface area contributed by atoms with Crippen LogP contribution in [0.5, 0.6) is 11.5 Å². The predicted molar refractivity (Wildman–Crippen MR) is 156 cm³/mol. The van der Waals surface area contributed by atoms with E-state index in [2.05, 4.69) is 37.7 Å². The number of benzene rings is 1. The van der Waals surface area contributed by atoms with Crippen LogP contribution in [0.4, 0.5) is 5.13 Å². The number of pyridine rings is 1. The molecule has 0 spiro atoms. The second-order valence-corrected chi connectivity index (χ2v) is 12.3. The van der Waals surface area contributed by atoms with Gasteiger partial charge < -0.3 is 40.7 Å². The molecule has 2 aliphatic heterocycles. The van der Waals surface area contributed by atoms with E-state index in [1.165, 1.54) is 29.3 Å². The Morgan fingerprint density at radius 1 is 1.27 bits per heavy atom. The van der Waals surface area contributed by atoms with E-state index < -0.39 is 29.8 Å². The molecule has 4 N–H and O–H groups in total. The summed E-state index contributed by atoms with van der Waals surface area (Å²) in [5.41, 5.74) is 5.51. The van der Waals surface area contributed by atoms with Gasteiger partial charge in [-0.3, -0.25) is 26.8 Å². The Bertz CT molecular complexity index is 1890. The van der Waals surface area contributed by atoms with E-state index in [0.717, 1.165) is 16.7 Å². The van der Waals surface area contributed by atoms with Crippen LogP contribution in [0.15, 0.2) is 41.1 Å². The molecule has 1 aromatic carbocycles. The van der Waals surface area contributed by atoms with Crippen molar-refractivity contribution < 1.29 is 108 Å². The number of nitrogens with two attached hydrogens (primary N) is 1. The molecule has 49 heavy (non-hydrogen) atoms. The van der Waals surface area contributed by atoms with Crippen molar-refractivity contribution in [3.63, 3.8) is 0 Å². The van der Waals surface area contributed by atoms with Gasteiger partial charge in [-0.05, 0) is 17.5 Å². The fourth-order valence-electron chi connectivity index (χ4n) is 5.27. The zero-order valence-electron chi connectivity index (χ0n) is 25.9. The largest absolute Gasteiger partial charge is 1.00 e. The van der Waals surface area contributed by atoms with Crippen LogP contribution < -0.4 is 79.6 Å². The number of carbonyl (C=O) groups is 3. The number of aromatic hydroxyl groups is 2. The molecular formula is C27H23N9Na2O9S2. The number of fused-ring (bicyclic) bond motifs is 2. The van der Waals surface area contributed by atoms with Gasteiger partial charge in [0.25, 0.3) is 0 Å². The number of aromatic nitrogens is 6. The van der Waals surface area contributed by atoms with Crippen LogP contribution in [0.25, 0.3) is 10.8 Å². The molecule has 2 aliphatic rings. The maximum absolute atomic E-state index is 13.6. The summed E-state index contributed by atoms with van der Waals surface area (Å²) >= 11 is 2.56. The van der Waals surface area contributed by atoms with Crippen molar-refractivity contribution in [2.45, 2.75) is 30.5 Å². The number of carboxylic acid groups (broad SMARTS) is 1. The van der Waals surface area contributed by atoms with E-state index >= 15 is 0 Å². The molecule has 5 atom stereocenters. The number of hydrogen-bond acceptors (Lipinski definition) is 17. The molecule has 6 rings (SSSR count). The predicted octanol–water partition coefficient (Wildman–Crippen LogP) is -7.63. The number of oxime groups is 1. The molecule has 2 saturated heterocycles. The van der Waals surface area contributed by atoms with Crippen molar-refractivity contribution in [2.75, 3.05) is 11.5 Å². The van der Waals surface area contributed by atoms with E-state index in [4.69, 9.17) is 20.2 Å². The third-order valence-corrected chi connectivity index (χ3v) is 9.55. The number of nitrogen functional groups attached to an aromatic ring is 1. The summed E-state index contributed by atoms with van der Waals surface area (Å²) in [5.74, 6) is -3.00. The molecule has 1 amide bonds. The number of aliphatic carboxylic acids is 1. The Labute approximate surface area is 329 Å². The van der Waals surface area contributed by atoms with Crippen LogP contribution in [0.2, 0.25) is 0 Å². The number of thioether (sulfide) groups is 1. The minimum Gasteiger partial charge on any atom is -0.549 e. The molecule has 5 heterocycles. The number of phenolic OH excluding ortho intramolecular Hbond substituents is 2. The zero-order valence-corrected chi connectivity index (χ0v) is 31.5. The van der Waals surface area contributed by atoms with Crippen LogP contribution >= 0.6 is 23.1 Å². The van der Waals surface area contributed by atoms with Crippen LogP contribution in [0.1, 0.15) is 24.0 Å². The first-order chi connectivity index (χ1) is 22.5. The van der Waals surface area contributed by atoms with Crippen molar-refractivity contribution in [3.05, 3.63) is 54.4 Å². The van der Waals surface area contributed by atoms with E-state index in [-0.39, 0.29) is 123 Å². The number of ketones is 1. The van der Waals surface area contributed by atoms with Gasteiger partial charge in [-0.25, -0.2) is 9.55 Å². The number of anilines is 1. The van der Waals surface area contributed by atoms with Gasteiger partial charge in [-0.1, -0.05) is 5.16 Å². The minimum absolute atomic E-state index is 0. The third-order valence-electron chi connectivity index (χ3n) is 7.36. The number of tetrazole rings is 1. The van der Waals surface area contributed by atoms with Crippen LogP contribution in [0.3, 0.4) is 0 Å². The Balaban J connectivity index is 0.00000126. The molecular weight excluding hydrogens is 704 g/mol. The summed E-state index contributed by atoms with van der Waals surface area (Å²) in [6.07, 6.45) is 1.99. The maximum Gasteiger partial charge on any atom is 1.00 e. The van der Waals surface area contributed by atoms with E-state index in [0.29, 0.717) is 17.7 Å². The van der Waals surface area contributed by atoms with Crippen LogP contribution in [0, 0.1) is 18.8 Å². The van der Waals surface area contributed by atoms with Crippen LogP contribution in [-0.4, -0.2) is 82.4 Å². The topological polar surface area (TPSA) is 269 Å². The number of nitrogens with zero attached hydrogens (tertiary/aromatic N) is 8. The van der Waals surface area contributed by atoms with Gasteiger partial charge in [-0.15, -0.1) is 23.1 Å². The molecule has 4 aromatic rings. The first kappa shape index (κ1) is 40.0. The number of phenols is 2. The van der Waals surface area contributed by atoms with Gasteiger partial charge in [0, 0.05) is 40.9 Å². The zero-order chi connectivity index (χ0) is 33.8. The molecule has 2 fully saturated rings. The number of Topliss-reactive ketones (excluding diaryl/α,β-unsaturated/α-hetero) is 1. The number of hydrogen-bond donors (Lipinski definition) is 3. The average molecular weight is 728 g/mol. The number of carboxylic acids is 1. The fraction of sp³-hybridized carbons (Fsp3) is 0.296. The van der Waals surface area contributed by atoms with Crippen molar-refractivity contribution in [1.29, 1.82) is 0 Å². The summed E-state index contributed by atoms with van der Waals surface area (Å²) in [5, 5.41) is 52.5. The molecule has 3 aromatic heterocycles. The number of carbonyl (C=O) groups excluding carboxylic acids is 5. The summed E-state index contributed by atoms with van der Waals surface area (Å²) in [6, 6.07) is 4.18. The van der Waals surface area contributed by atoms with Gasteiger partial charge in [-0.2, -0.15) is 14.8 Å². The standard InChI is InChI=1S/C26H24N9O7S2.CO2.2Na/c1-11(25(40)41)42-31-20(16-10-44-26(27)28-16)19(38)6-15-23(39)35-21(22-29-32-33-30-22)14(9-43-24(15)35)8-34-3-2-12-4-17(36)18(37)5-13(12)7-34;2-1-3;;/h2-5,7,10-11,14-15,21,24H,1,6,8-9H2,(H5,27,28,29,30,32,33,37,40,41);;;/q-1;;2*+1/p-1/b31-20-;;;/t11-,14?,15+,21?,24+;;;/m0.../s1. The van der Waals surface area contributed by atoms with Gasteiger partial charge in [0.1, 0.15) is 5.69 Å². The Morgan fingerprint density at radius 2 is 1.96 bits per heavy atom. The van der Waals surface area contributed by atoms with Crippen molar-refractivity contribution >= 4 is 68.5 Å². The molecule has 18 nitrogen and oxygen atoms in total. The summed E-state index contributed by atoms with van der Waals surface area (Å²) in [7, 11) is 0. The normalized spacial score (nSPS) is 20.2. The molecule has 0 radical (unpaired) electrons. The molecule has 0 saturated carbocycles. The average Bonchev–Trinajstić information content (AvgIpc) is 3.73.